The Morgan fingerprint density at radius 1 is 0.905 bits per heavy atom. The number of anilines is 1. The van der Waals surface area contributed by atoms with Crippen LogP contribution in [0.1, 0.15) is 5.56 Å². The van der Waals surface area contributed by atoms with Crippen LogP contribution >= 0.6 is 63.7 Å². The van der Waals surface area contributed by atoms with Crippen LogP contribution in [0.4, 0.5) is 5.69 Å². The zero-order valence-electron chi connectivity index (χ0n) is 10.6. The van der Waals surface area contributed by atoms with Crippen molar-refractivity contribution in [3.05, 3.63) is 53.8 Å². The molecule has 2 rings (SSSR count). The van der Waals surface area contributed by atoms with Crippen molar-refractivity contribution in [2.75, 3.05) is 4.72 Å². The molecule has 0 aliphatic carbocycles. The molecule has 0 saturated heterocycles. The van der Waals surface area contributed by atoms with Crippen LogP contribution in [0.3, 0.4) is 0 Å². The second-order valence-electron chi connectivity index (χ2n) is 4.23. The van der Waals surface area contributed by atoms with E-state index in [-0.39, 0.29) is 4.90 Å². The fourth-order valence-electron chi connectivity index (χ4n) is 1.62. The van der Waals surface area contributed by atoms with Crippen LogP contribution in [-0.4, -0.2) is 8.42 Å². The molecule has 0 saturated carbocycles. The van der Waals surface area contributed by atoms with Crippen LogP contribution in [0, 0.1) is 6.92 Å². The lowest BCUT2D eigenvalue weighted by atomic mass is 10.2. The van der Waals surface area contributed by atoms with Crippen molar-refractivity contribution < 1.29 is 8.42 Å². The van der Waals surface area contributed by atoms with E-state index in [1.165, 1.54) is 0 Å². The minimum absolute atomic E-state index is 0.169. The van der Waals surface area contributed by atoms with Gasteiger partial charge in [0.05, 0.1) is 5.69 Å². The standard InChI is InChI=1S/C13H9Br4NO2S/c1-7-5-11(17)12(6-10(7)16)21(19,20)18-13-8(14)3-2-4-9(13)15/h2-6,18H,1H3. The molecule has 21 heavy (non-hydrogen) atoms. The molecule has 0 aromatic heterocycles. The van der Waals surface area contributed by atoms with E-state index in [0.717, 1.165) is 10.0 Å². The van der Waals surface area contributed by atoms with E-state index in [9.17, 15) is 8.42 Å². The first-order valence-electron chi connectivity index (χ1n) is 5.65. The summed E-state index contributed by atoms with van der Waals surface area (Å²) in [5.41, 5.74) is 1.41. The highest BCUT2D eigenvalue weighted by Crippen LogP contribution is 2.35. The first-order chi connectivity index (χ1) is 9.72. The highest BCUT2D eigenvalue weighted by Gasteiger charge is 2.21. The van der Waals surface area contributed by atoms with Crippen LogP contribution < -0.4 is 4.72 Å². The molecule has 112 valence electrons. The van der Waals surface area contributed by atoms with Crippen molar-refractivity contribution in [1.82, 2.24) is 0 Å². The largest absolute Gasteiger partial charge is 0.277 e. The van der Waals surface area contributed by atoms with Gasteiger partial charge in [-0.2, -0.15) is 0 Å². The van der Waals surface area contributed by atoms with Crippen molar-refractivity contribution in [2.45, 2.75) is 11.8 Å². The Morgan fingerprint density at radius 3 is 2.05 bits per heavy atom. The molecule has 8 heteroatoms. The van der Waals surface area contributed by atoms with E-state index in [1.807, 2.05) is 13.0 Å². The Hall–Kier alpha value is 0.110. The van der Waals surface area contributed by atoms with Gasteiger partial charge in [-0.05, 0) is 84.5 Å². The van der Waals surface area contributed by atoms with Gasteiger partial charge in [-0.3, -0.25) is 4.72 Å². The molecule has 0 aliphatic heterocycles. The maximum absolute atomic E-state index is 12.6. The number of benzene rings is 2. The predicted molar refractivity (Wildman–Crippen MR) is 99.2 cm³/mol. The summed E-state index contributed by atoms with van der Waals surface area (Å²) in [4.78, 5) is 0.169. The van der Waals surface area contributed by atoms with E-state index < -0.39 is 10.0 Å². The average molecular weight is 563 g/mol. The molecule has 0 spiro atoms. The summed E-state index contributed by atoms with van der Waals surface area (Å²) in [6.45, 7) is 1.89. The third-order valence-corrected chi connectivity index (χ3v) is 7.19. The van der Waals surface area contributed by atoms with Crippen LogP contribution in [0.2, 0.25) is 0 Å². The molecule has 0 heterocycles. The van der Waals surface area contributed by atoms with E-state index >= 15 is 0 Å². The van der Waals surface area contributed by atoms with E-state index in [4.69, 9.17) is 0 Å². The highest BCUT2D eigenvalue weighted by atomic mass is 79.9. The zero-order chi connectivity index (χ0) is 15.8. The second kappa shape index (κ2) is 6.70. The molecule has 0 bridgehead atoms. The second-order valence-corrected chi connectivity index (χ2v) is 9.30. The maximum Gasteiger partial charge on any atom is 0.263 e. The number of aryl methyl sites for hydroxylation is 1. The normalized spacial score (nSPS) is 11.5. The minimum atomic E-state index is -3.72. The number of sulfonamides is 1. The Labute approximate surface area is 157 Å². The Kier molecular flexibility index (Phi) is 5.57. The van der Waals surface area contributed by atoms with Crippen LogP contribution in [0.25, 0.3) is 0 Å². The van der Waals surface area contributed by atoms with Crippen LogP contribution in [-0.2, 0) is 10.0 Å². The topological polar surface area (TPSA) is 46.2 Å². The number of para-hydroxylation sites is 1. The van der Waals surface area contributed by atoms with Crippen molar-refractivity contribution in [3.63, 3.8) is 0 Å². The van der Waals surface area contributed by atoms with E-state index in [1.54, 1.807) is 24.3 Å². The van der Waals surface area contributed by atoms with Gasteiger partial charge in [0.1, 0.15) is 4.90 Å². The molecule has 0 amide bonds. The lowest BCUT2D eigenvalue weighted by Gasteiger charge is -2.13. The maximum atomic E-state index is 12.6. The molecule has 0 atom stereocenters. The smallest absolute Gasteiger partial charge is 0.263 e. The summed E-state index contributed by atoms with van der Waals surface area (Å²) in [5, 5.41) is 0. The van der Waals surface area contributed by atoms with Gasteiger partial charge in [-0.15, -0.1) is 0 Å². The van der Waals surface area contributed by atoms with Crippen molar-refractivity contribution >= 4 is 79.4 Å². The average Bonchev–Trinajstić information content (AvgIpc) is 2.38. The number of rotatable bonds is 3. The molecule has 2 aromatic carbocycles. The van der Waals surface area contributed by atoms with Gasteiger partial charge in [0.15, 0.2) is 0 Å². The molecule has 0 radical (unpaired) electrons. The fourth-order valence-corrected chi connectivity index (χ4v) is 5.86. The summed E-state index contributed by atoms with van der Waals surface area (Å²) in [5.74, 6) is 0. The third kappa shape index (κ3) is 3.90. The highest BCUT2D eigenvalue weighted by molar-refractivity contribution is 9.11. The van der Waals surface area contributed by atoms with Crippen LogP contribution in [0.5, 0.6) is 0 Å². The number of nitrogens with one attached hydrogen (secondary N) is 1. The molecule has 1 N–H and O–H groups in total. The number of hydrogen-bond acceptors (Lipinski definition) is 2. The van der Waals surface area contributed by atoms with Gasteiger partial charge in [0.2, 0.25) is 0 Å². The van der Waals surface area contributed by atoms with Gasteiger partial charge in [0.25, 0.3) is 10.0 Å². The van der Waals surface area contributed by atoms with Gasteiger partial charge in [-0.25, -0.2) is 8.42 Å². The zero-order valence-corrected chi connectivity index (χ0v) is 17.8. The summed E-state index contributed by atoms with van der Waals surface area (Å²) in [7, 11) is -3.72. The lowest BCUT2D eigenvalue weighted by Crippen LogP contribution is -2.14. The summed E-state index contributed by atoms with van der Waals surface area (Å²) in [6.07, 6.45) is 0. The SMILES string of the molecule is Cc1cc(Br)c(S(=O)(=O)Nc2c(Br)cccc2Br)cc1Br. The minimum Gasteiger partial charge on any atom is -0.277 e. The molecule has 0 aliphatic rings. The quantitative estimate of drug-likeness (QED) is 0.511. The first kappa shape index (κ1) is 17.5. The Bertz CT molecular complexity index is 786. The predicted octanol–water partition coefficient (Wildman–Crippen LogP) is 5.85. The molecule has 0 unspecified atom stereocenters. The molecule has 2 aromatic rings. The van der Waals surface area contributed by atoms with Crippen LogP contribution in [0.15, 0.2) is 53.1 Å². The van der Waals surface area contributed by atoms with Gasteiger partial charge >= 0.3 is 0 Å². The number of halogens is 4. The lowest BCUT2D eigenvalue weighted by molar-refractivity contribution is 0.600. The monoisotopic (exact) mass is 559 g/mol. The van der Waals surface area contributed by atoms with Gasteiger partial charge in [0, 0.05) is 17.9 Å². The molecule has 0 fully saturated rings. The number of hydrogen-bond donors (Lipinski definition) is 1. The Balaban J connectivity index is 2.51. The fraction of sp³-hybridized carbons (Fsp3) is 0.0769. The summed E-state index contributed by atoms with van der Waals surface area (Å²) >= 11 is 13.3. The summed E-state index contributed by atoms with van der Waals surface area (Å²) < 4.78 is 30.3. The first-order valence-corrected chi connectivity index (χ1v) is 10.3. The van der Waals surface area contributed by atoms with Crippen molar-refractivity contribution in [1.29, 1.82) is 0 Å². The Morgan fingerprint density at radius 2 is 1.48 bits per heavy atom. The van der Waals surface area contributed by atoms with E-state index in [2.05, 4.69) is 68.4 Å². The van der Waals surface area contributed by atoms with Gasteiger partial charge in [-0.1, -0.05) is 22.0 Å². The molecular formula is C13H9Br4NO2S. The van der Waals surface area contributed by atoms with Crippen molar-refractivity contribution in [2.24, 2.45) is 0 Å². The third-order valence-electron chi connectivity index (χ3n) is 2.70. The molecular weight excluding hydrogens is 554 g/mol. The van der Waals surface area contributed by atoms with Crippen molar-refractivity contribution in [3.8, 4) is 0 Å². The van der Waals surface area contributed by atoms with E-state index in [0.29, 0.717) is 19.1 Å². The van der Waals surface area contributed by atoms with Gasteiger partial charge < -0.3 is 0 Å². The summed E-state index contributed by atoms with van der Waals surface area (Å²) in [6, 6.07) is 8.68. The molecule has 3 nitrogen and oxygen atoms in total.